The van der Waals surface area contributed by atoms with Crippen LogP contribution in [-0.4, -0.2) is 19.0 Å². The summed E-state index contributed by atoms with van der Waals surface area (Å²) in [6.07, 6.45) is -4.45. The zero-order valence-electron chi connectivity index (χ0n) is 12.0. The van der Waals surface area contributed by atoms with Crippen molar-refractivity contribution in [2.75, 3.05) is 7.11 Å². The van der Waals surface area contributed by atoms with Gasteiger partial charge in [0, 0.05) is 18.0 Å². The lowest BCUT2D eigenvalue weighted by molar-refractivity contribution is -0.138. The molecule has 0 unspecified atom stereocenters. The summed E-state index contributed by atoms with van der Waals surface area (Å²) >= 11 is 0. The van der Waals surface area contributed by atoms with Crippen molar-refractivity contribution in [1.82, 2.24) is 5.32 Å². The summed E-state index contributed by atoms with van der Waals surface area (Å²) in [4.78, 5) is 23.5. The van der Waals surface area contributed by atoms with E-state index in [4.69, 9.17) is 4.74 Å². The number of esters is 1. The number of hydrogen-bond acceptors (Lipinski definition) is 3. The van der Waals surface area contributed by atoms with Crippen LogP contribution in [0.3, 0.4) is 0 Å². The Bertz CT molecular complexity index is 632. The average Bonchev–Trinajstić information content (AvgIpc) is 2.45. The highest BCUT2D eigenvalue weighted by Crippen LogP contribution is 2.35. The van der Waals surface area contributed by atoms with Gasteiger partial charge in [-0.1, -0.05) is 12.1 Å². The van der Waals surface area contributed by atoms with Gasteiger partial charge in [-0.2, -0.15) is 13.2 Å². The maximum Gasteiger partial charge on any atom is 0.416 e. The lowest BCUT2D eigenvalue weighted by Gasteiger charge is -2.26. The zero-order chi connectivity index (χ0) is 16.5. The maximum atomic E-state index is 12.6. The van der Waals surface area contributed by atoms with Crippen LogP contribution in [-0.2, 0) is 20.5 Å². The molecule has 0 bridgehead atoms. The molecule has 4 nitrogen and oxygen atoms in total. The summed E-state index contributed by atoms with van der Waals surface area (Å²) < 4.78 is 42.5. The SMILES string of the molecule is COC(=O)C1=C(C)NC(=O)C[C@H]1c1ccc(C(F)(F)F)cc1. The molecule has 118 valence electrons. The van der Waals surface area contributed by atoms with E-state index in [-0.39, 0.29) is 17.9 Å². The highest BCUT2D eigenvalue weighted by atomic mass is 19.4. The van der Waals surface area contributed by atoms with E-state index in [2.05, 4.69) is 5.32 Å². The smallest absolute Gasteiger partial charge is 0.416 e. The number of alkyl halides is 3. The van der Waals surface area contributed by atoms with Crippen molar-refractivity contribution >= 4 is 11.9 Å². The lowest BCUT2D eigenvalue weighted by atomic mass is 9.84. The van der Waals surface area contributed by atoms with E-state index in [1.165, 1.54) is 19.2 Å². The zero-order valence-corrected chi connectivity index (χ0v) is 12.0. The van der Waals surface area contributed by atoms with Gasteiger partial charge >= 0.3 is 12.1 Å². The van der Waals surface area contributed by atoms with Crippen molar-refractivity contribution in [3.05, 3.63) is 46.7 Å². The van der Waals surface area contributed by atoms with Crippen molar-refractivity contribution in [1.29, 1.82) is 0 Å². The molecular weight excluding hydrogens is 299 g/mol. The van der Waals surface area contributed by atoms with Gasteiger partial charge in [0.15, 0.2) is 0 Å². The number of ether oxygens (including phenoxy) is 1. The molecule has 22 heavy (non-hydrogen) atoms. The molecule has 0 fully saturated rings. The highest BCUT2D eigenvalue weighted by molar-refractivity contribution is 5.95. The van der Waals surface area contributed by atoms with Gasteiger partial charge in [-0.15, -0.1) is 0 Å². The van der Waals surface area contributed by atoms with Crippen molar-refractivity contribution < 1.29 is 27.5 Å². The molecule has 1 amide bonds. The number of rotatable bonds is 2. The van der Waals surface area contributed by atoms with Crippen molar-refractivity contribution in [3.63, 3.8) is 0 Å². The standard InChI is InChI=1S/C15H14F3NO3/c1-8-13(14(21)22-2)11(7-12(20)19-8)9-3-5-10(6-4-9)15(16,17)18/h3-6,11H,7H2,1-2H3,(H,19,20)/t11-/m0/s1. The van der Waals surface area contributed by atoms with Crippen LogP contribution in [0.5, 0.6) is 0 Å². The average molecular weight is 313 g/mol. The number of nitrogens with one attached hydrogen (secondary N) is 1. The van der Waals surface area contributed by atoms with Crippen LogP contribution in [0.15, 0.2) is 35.5 Å². The largest absolute Gasteiger partial charge is 0.466 e. The van der Waals surface area contributed by atoms with Crippen LogP contribution in [0.1, 0.15) is 30.4 Å². The number of benzene rings is 1. The Morgan fingerprint density at radius 2 is 1.86 bits per heavy atom. The molecular formula is C15H14F3NO3. The number of hydrogen-bond donors (Lipinski definition) is 1. The predicted molar refractivity (Wildman–Crippen MR) is 71.7 cm³/mol. The Labute approximate surface area is 125 Å². The molecule has 1 atom stereocenters. The predicted octanol–water partition coefficient (Wildman–Crippen LogP) is 2.76. The van der Waals surface area contributed by atoms with Crippen LogP contribution in [0.4, 0.5) is 13.2 Å². The van der Waals surface area contributed by atoms with Crippen molar-refractivity contribution in [2.24, 2.45) is 0 Å². The normalized spacial score (nSPS) is 19.0. The molecule has 1 aromatic rings. The van der Waals surface area contributed by atoms with E-state index >= 15 is 0 Å². The summed E-state index contributed by atoms with van der Waals surface area (Å²) in [5.74, 6) is -1.53. The Balaban J connectivity index is 2.42. The molecule has 7 heteroatoms. The number of amides is 1. The second kappa shape index (κ2) is 5.82. The van der Waals surface area contributed by atoms with Crippen molar-refractivity contribution in [3.8, 4) is 0 Å². The molecule has 1 aromatic carbocycles. The minimum absolute atomic E-state index is 0.0207. The number of carbonyl (C=O) groups is 2. The van der Waals surface area contributed by atoms with Crippen LogP contribution >= 0.6 is 0 Å². The number of halogens is 3. The number of carbonyl (C=O) groups excluding carboxylic acids is 2. The monoisotopic (exact) mass is 313 g/mol. The first kappa shape index (κ1) is 16.1. The third-order valence-corrected chi connectivity index (χ3v) is 3.51. The van der Waals surface area contributed by atoms with Gasteiger partial charge in [-0.25, -0.2) is 4.79 Å². The molecule has 2 rings (SSSR count). The summed E-state index contributed by atoms with van der Waals surface area (Å²) in [5.41, 5.74) is 0.286. The fourth-order valence-electron chi connectivity index (χ4n) is 2.47. The second-order valence-corrected chi connectivity index (χ2v) is 4.95. The van der Waals surface area contributed by atoms with E-state index in [0.717, 1.165) is 12.1 Å². The summed E-state index contributed by atoms with van der Waals surface area (Å²) in [7, 11) is 1.21. The lowest BCUT2D eigenvalue weighted by Crippen LogP contribution is -2.34. The molecule has 0 saturated heterocycles. The minimum atomic E-state index is -4.43. The molecule has 0 aromatic heterocycles. The second-order valence-electron chi connectivity index (χ2n) is 4.95. The Morgan fingerprint density at radius 3 is 2.36 bits per heavy atom. The van der Waals surface area contributed by atoms with Gasteiger partial charge < -0.3 is 10.1 Å². The van der Waals surface area contributed by atoms with E-state index in [0.29, 0.717) is 11.3 Å². The van der Waals surface area contributed by atoms with Crippen molar-refractivity contribution in [2.45, 2.75) is 25.4 Å². The van der Waals surface area contributed by atoms with Crippen LogP contribution in [0.25, 0.3) is 0 Å². The van der Waals surface area contributed by atoms with E-state index in [9.17, 15) is 22.8 Å². The fraction of sp³-hybridized carbons (Fsp3) is 0.333. The summed E-state index contributed by atoms with van der Waals surface area (Å²) in [6, 6.07) is 4.43. The van der Waals surface area contributed by atoms with Gasteiger partial charge in [0.25, 0.3) is 0 Å². The van der Waals surface area contributed by atoms with E-state index in [1.54, 1.807) is 6.92 Å². The first-order chi connectivity index (χ1) is 10.2. The van der Waals surface area contributed by atoms with Gasteiger partial charge in [-0.05, 0) is 24.6 Å². The van der Waals surface area contributed by atoms with Gasteiger partial charge in [0.05, 0.1) is 18.2 Å². The van der Waals surface area contributed by atoms with Gasteiger partial charge in [0.2, 0.25) is 5.91 Å². The highest BCUT2D eigenvalue weighted by Gasteiger charge is 2.34. The Hall–Kier alpha value is -2.31. The number of allylic oxidation sites excluding steroid dienone is 1. The third-order valence-electron chi connectivity index (χ3n) is 3.51. The molecule has 1 N–H and O–H groups in total. The van der Waals surface area contributed by atoms with E-state index < -0.39 is 23.6 Å². The molecule has 0 aliphatic carbocycles. The maximum absolute atomic E-state index is 12.6. The first-order valence-electron chi connectivity index (χ1n) is 6.50. The summed E-state index contributed by atoms with van der Waals surface area (Å²) in [5, 5.41) is 2.54. The van der Waals surface area contributed by atoms with Crippen LogP contribution in [0, 0.1) is 0 Å². The molecule has 0 saturated carbocycles. The Kier molecular flexibility index (Phi) is 4.25. The molecule has 0 spiro atoms. The minimum Gasteiger partial charge on any atom is -0.466 e. The summed E-state index contributed by atoms with van der Waals surface area (Å²) in [6.45, 7) is 1.56. The van der Waals surface area contributed by atoms with Crippen LogP contribution < -0.4 is 5.32 Å². The van der Waals surface area contributed by atoms with Gasteiger partial charge in [-0.3, -0.25) is 4.79 Å². The van der Waals surface area contributed by atoms with Gasteiger partial charge in [0.1, 0.15) is 0 Å². The Morgan fingerprint density at radius 1 is 1.27 bits per heavy atom. The molecule has 1 aliphatic rings. The quantitative estimate of drug-likeness (QED) is 0.854. The third kappa shape index (κ3) is 3.13. The molecule has 1 heterocycles. The van der Waals surface area contributed by atoms with Crippen LogP contribution in [0.2, 0.25) is 0 Å². The fourth-order valence-corrected chi connectivity index (χ4v) is 2.47. The topological polar surface area (TPSA) is 55.4 Å². The number of methoxy groups -OCH3 is 1. The first-order valence-corrected chi connectivity index (χ1v) is 6.50. The molecule has 0 radical (unpaired) electrons. The van der Waals surface area contributed by atoms with E-state index in [1.807, 2.05) is 0 Å². The molecule has 1 aliphatic heterocycles.